The van der Waals surface area contributed by atoms with Crippen LogP contribution in [0.3, 0.4) is 0 Å². The Morgan fingerprint density at radius 3 is 2.41 bits per heavy atom. The van der Waals surface area contributed by atoms with E-state index < -0.39 is 0 Å². The van der Waals surface area contributed by atoms with Crippen LogP contribution in [0.5, 0.6) is 0 Å². The van der Waals surface area contributed by atoms with E-state index in [0.29, 0.717) is 5.41 Å². The highest BCUT2D eigenvalue weighted by Crippen LogP contribution is 2.37. The normalized spacial score (nSPS) is 34.4. The molecule has 0 bridgehead atoms. The third kappa shape index (κ3) is 3.03. The zero-order valence-electron chi connectivity index (χ0n) is 12.1. The Hall–Kier alpha value is -0.0800. The van der Waals surface area contributed by atoms with Crippen LogP contribution in [-0.2, 0) is 0 Å². The number of rotatable bonds is 3. The van der Waals surface area contributed by atoms with Crippen LogP contribution in [0.4, 0.5) is 0 Å². The van der Waals surface area contributed by atoms with Crippen molar-refractivity contribution in [3.05, 3.63) is 0 Å². The Morgan fingerprint density at radius 2 is 1.82 bits per heavy atom. The topological polar surface area (TPSA) is 15.3 Å². The highest BCUT2D eigenvalue weighted by molar-refractivity contribution is 4.91. The van der Waals surface area contributed by atoms with E-state index in [4.69, 9.17) is 0 Å². The van der Waals surface area contributed by atoms with Gasteiger partial charge in [0, 0.05) is 18.6 Å². The SMILES string of the molecule is CCC1CNCC1N(C)C1CCC(C)(C)CC1. The summed E-state index contributed by atoms with van der Waals surface area (Å²) in [4.78, 5) is 2.70. The van der Waals surface area contributed by atoms with Crippen molar-refractivity contribution < 1.29 is 0 Å². The molecular weight excluding hydrogens is 208 g/mol. The van der Waals surface area contributed by atoms with Crippen molar-refractivity contribution >= 4 is 0 Å². The van der Waals surface area contributed by atoms with E-state index in [2.05, 4.69) is 38.0 Å². The van der Waals surface area contributed by atoms with Crippen molar-refractivity contribution in [3.63, 3.8) is 0 Å². The number of likely N-dealkylation sites (N-methyl/N-ethyl adjacent to an activating group) is 1. The first kappa shape index (κ1) is 13.4. The summed E-state index contributed by atoms with van der Waals surface area (Å²) in [5, 5.41) is 3.57. The van der Waals surface area contributed by atoms with Gasteiger partial charge < -0.3 is 5.32 Å². The average molecular weight is 238 g/mol. The smallest absolute Gasteiger partial charge is 0.0260 e. The van der Waals surface area contributed by atoms with E-state index in [-0.39, 0.29) is 0 Å². The summed E-state index contributed by atoms with van der Waals surface area (Å²) in [6.07, 6.45) is 6.92. The maximum Gasteiger partial charge on any atom is 0.0260 e. The summed E-state index contributed by atoms with van der Waals surface area (Å²) in [5.41, 5.74) is 0.593. The predicted molar refractivity (Wildman–Crippen MR) is 74.2 cm³/mol. The summed E-state index contributed by atoms with van der Waals surface area (Å²) in [6, 6.07) is 1.62. The molecule has 0 spiro atoms. The molecule has 2 rings (SSSR count). The minimum atomic E-state index is 0.593. The lowest BCUT2D eigenvalue weighted by atomic mass is 9.75. The van der Waals surface area contributed by atoms with E-state index in [1.54, 1.807) is 0 Å². The molecule has 100 valence electrons. The van der Waals surface area contributed by atoms with Gasteiger partial charge in [0.25, 0.3) is 0 Å². The quantitative estimate of drug-likeness (QED) is 0.813. The molecule has 17 heavy (non-hydrogen) atoms. The Balaban J connectivity index is 1.90. The molecule has 2 unspecified atom stereocenters. The van der Waals surface area contributed by atoms with Gasteiger partial charge in [0.15, 0.2) is 0 Å². The molecule has 2 nitrogen and oxygen atoms in total. The molecule has 0 amide bonds. The number of hydrogen-bond donors (Lipinski definition) is 1. The molecule has 2 heteroatoms. The summed E-state index contributed by atoms with van der Waals surface area (Å²) in [6.45, 7) is 9.62. The van der Waals surface area contributed by atoms with Crippen molar-refractivity contribution in [2.24, 2.45) is 11.3 Å². The second-order valence-electron chi connectivity index (χ2n) is 6.95. The van der Waals surface area contributed by atoms with Crippen LogP contribution >= 0.6 is 0 Å². The first-order valence-corrected chi connectivity index (χ1v) is 7.46. The van der Waals surface area contributed by atoms with E-state index >= 15 is 0 Å². The van der Waals surface area contributed by atoms with E-state index in [0.717, 1.165) is 18.0 Å². The third-order valence-corrected chi connectivity index (χ3v) is 5.24. The Kier molecular flexibility index (Phi) is 4.14. The lowest BCUT2D eigenvalue weighted by Crippen LogP contribution is -2.46. The molecule has 1 saturated heterocycles. The van der Waals surface area contributed by atoms with Gasteiger partial charge in [0.2, 0.25) is 0 Å². The largest absolute Gasteiger partial charge is 0.315 e. The van der Waals surface area contributed by atoms with E-state index in [1.807, 2.05) is 0 Å². The fourth-order valence-electron chi connectivity index (χ4n) is 3.67. The molecule has 1 aliphatic carbocycles. The zero-order chi connectivity index (χ0) is 12.5. The van der Waals surface area contributed by atoms with E-state index in [9.17, 15) is 0 Å². The number of nitrogens with zero attached hydrogens (tertiary/aromatic N) is 1. The van der Waals surface area contributed by atoms with Gasteiger partial charge >= 0.3 is 0 Å². The van der Waals surface area contributed by atoms with Crippen molar-refractivity contribution in [3.8, 4) is 0 Å². The lowest BCUT2D eigenvalue weighted by Gasteiger charge is -2.42. The van der Waals surface area contributed by atoms with Crippen molar-refractivity contribution in [2.75, 3.05) is 20.1 Å². The molecule has 1 aliphatic heterocycles. The summed E-state index contributed by atoms with van der Waals surface area (Å²) in [7, 11) is 2.36. The highest BCUT2D eigenvalue weighted by Gasteiger charge is 2.35. The summed E-state index contributed by atoms with van der Waals surface area (Å²) >= 11 is 0. The van der Waals surface area contributed by atoms with Crippen LogP contribution in [-0.4, -0.2) is 37.1 Å². The van der Waals surface area contributed by atoms with Gasteiger partial charge in [0.1, 0.15) is 0 Å². The molecule has 2 fully saturated rings. The molecule has 1 saturated carbocycles. The molecule has 2 aliphatic rings. The molecular formula is C15H30N2. The first-order chi connectivity index (χ1) is 8.03. The maximum absolute atomic E-state index is 3.57. The van der Waals surface area contributed by atoms with Crippen LogP contribution < -0.4 is 5.32 Å². The van der Waals surface area contributed by atoms with Crippen molar-refractivity contribution in [1.29, 1.82) is 0 Å². The van der Waals surface area contributed by atoms with Crippen LogP contribution in [0, 0.1) is 11.3 Å². The summed E-state index contributed by atoms with van der Waals surface area (Å²) in [5.74, 6) is 0.870. The molecule has 0 aromatic rings. The van der Waals surface area contributed by atoms with Crippen LogP contribution in [0.25, 0.3) is 0 Å². The van der Waals surface area contributed by atoms with Crippen LogP contribution in [0.2, 0.25) is 0 Å². The van der Waals surface area contributed by atoms with Gasteiger partial charge in [-0.15, -0.1) is 0 Å². The molecule has 1 N–H and O–H groups in total. The van der Waals surface area contributed by atoms with Gasteiger partial charge in [-0.3, -0.25) is 4.90 Å². The standard InChI is InChI=1S/C15H30N2/c1-5-12-10-16-11-14(12)17(4)13-6-8-15(2,3)9-7-13/h12-14,16H,5-11H2,1-4H3. The Labute approximate surface area is 107 Å². The van der Waals surface area contributed by atoms with Crippen molar-refractivity contribution in [1.82, 2.24) is 10.2 Å². The van der Waals surface area contributed by atoms with E-state index in [1.165, 1.54) is 45.2 Å². The minimum Gasteiger partial charge on any atom is -0.315 e. The van der Waals surface area contributed by atoms with Crippen molar-refractivity contribution in [2.45, 2.75) is 65.0 Å². The molecule has 0 radical (unpaired) electrons. The fourth-order valence-corrected chi connectivity index (χ4v) is 3.67. The third-order valence-electron chi connectivity index (χ3n) is 5.24. The van der Waals surface area contributed by atoms with Crippen LogP contribution in [0.15, 0.2) is 0 Å². The van der Waals surface area contributed by atoms with Crippen LogP contribution in [0.1, 0.15) is 52.9 Å². The first-order valence-electron chi connectivity index (χ1n) is 7.46. The van der Waals surface area contributed by atoms with Gasteiger partial charge in [-0.2, -0.15) is 0 Å². The summed E-state index contributed by atoms with van der Waals surface area (Å²) < 4.78 is 0. The maximum atomic E-state index is 3.57. The Morgan fingerprint density at radius 1 is 1.18 bits per heavy atom. The molecule has 0 aromatic heterocycles. The monoisotopic (exact) mass is 238 g/mol. The predicted octanol–water partition coefficient (Wildman–Crippen LogP) is 2.89. The van der Waals surface area contributed by atoms with Gasteiger partial charge in [-0.25, -0.2) is 0 Å². The van der Waals surface area contributed by atoms with Gasteiger partial charge in [-0.05, 0) is 50.6 Å². The molecule has 0 aromatic carbocycles. The Bertz CT molecular complexity index is 239. The molecule has 2 atom stereocenters. The highest BCUT2D eigenvalue weighted by atomic mass is 15.2. The second-order valence-corrected chi connectivity index (χ2v) is 6.95. The number of hydrogen-bond acceptors (Lipinski definition) is 2. The lowest BCUT2D eigenvalue weighted by molar-refractivity contribution is 0.0839. The fraction of sp³-hybridized carbons (Fsp3) is 1.00. The zero-order valence-corrected chi connectivity index (χ0v) is 12.1. The average Bonchev–Trinajstić information content (AvgIpc) is 2.76. The van der Waals surface area contributed by atoms with Gasteiger partial charge in [0.05, 0.1) is 0 Å². The minimum absolute atomic E-state index is 0.593. The van der Waals surface area contributed by atoms with Gasteiger partial charge in [-0.1, -0.05) is 27.2 Å². The number of nitrogens with one attached hydrogen (secondary N) is 1. The second kappa shape index (κ2) is 5.27. The molecule has 1 heterocycles.